The fraction of sp³-hybridized carbons (Fsp3) is 0.357. The van der Waals surface area contributed by atoms with E-state index < -0.39 is 17.9 Å². The zero-order valence-corrected chi connectivity index (χ0v) is 11.4. The maximum absolute atomic E-state index is 12.1. The van der Waals surface area contributed by atoms with Gasteiger partial charge in [-0.25, -0.2) is 4.79 Å². The van der Waals surface area contributed by atoms with E-state index in [-0.39, 0.29) is 19.0 Å². The second kappa shape index (κ2) is 5.73. The first kappa shape index (κ1) is 14.0. The number of carbonyl (C=O) groups excluding carboxylic acids is 3. The Morgan fingerprint density at radius 1 is 1.30 bits per heavy atom. The van der Waals surface area contributed by atoms with Crippen LogP contribution in [0.2, 0.25) is 0 Å². The second-order valence-corrected chi connectivity index (χ2v) is 4.63. The number of amides is 2. The van der Waals surface area contributed by atoms with Gasteiger partial charge in [0.2, 0.25) is 11.9 Å². The van der Waals surface area contributed by atoms with Crippen molar-refractivity contribution in [2.24, 2.45) is 0 Å². The molecule has 1 atom stereocenters. The summed E-state index contributed by atoms with van der Waals surface area (Å²) in [6, 6.07) is 8.01. The van der Waals surface area contributed by atoms with Gasteiger partial charge in [0, 0.05) is 13.6 Å². The minimum absolute atomic E-state index is 0.0286. The summed E-state index contributed by atoms with van der Waals surface area (Å²) < 4.78 is 4.64. The van der Waals surface area contributed by atoms with Crippen LogP contribution in [0.25, 0.3) is 0 Å². The molecule has 2 amide bonds. The maximum Gasteiger partial charge on any atom is 0.338 e. The van der Waals surface area contributed by atoms with Gasteiger partial charge in [-0.15, -0.1) is 0 Å². The summed E-state index contributed by atoms with van der Waals surface area (Å²) in [7, 11) is 2.70. The number of likely N-dealkylation sites (N-methyl/N-ethyl adjacent to an activating group) is 1. The van der Waals surface area contributed by atoms with Gasteiger partial charge in [-0.1, -0.05) is 30.3 Å². The fourth-order valence-electron chi connectivity index (χ4n) is 2.16. The van der Waals surface area contributed by atoms with E-state index in [1.54, 1.807) is 0 Å². The molecule has 1 aliphatic rings. The standard InChI is InChI=1S/C14H16N2O4/c1-15-9-11(17)16(8-10-6-4-3-5-7-10)12(13(15)18)14(19)20-2/h3-7,12H,8-9H2,1-2H3. The van der Waals surface area contributed by atoms with Crippen molar-refractivity contribution in [1.29, 1.82) is 0 Å². The van der Waals surface area contributed by atoms with Crippen molar-refractivity contribution in [2.75, 3.05) is 20.7 Å². The number of hydrogen-bond acceptors (Lipinski definition) is 4. The lowest BCUT2D eigenvalue weighted by Gasteiger charge is -2.37. The SMILES string of the molecule is COC(=O)C1C(=O)N(C)CC(=O)N1Cc1ccccc1. The van der Waals surface area contributed by atoms with Gasteiger partial charge >= 0.3 is 5.97 Å². The van der Waals surface area contributed by atoms with Crippen molar-refractivity contribution in [3.63, 3.8) is 0 Å². The zero-order valence-electron chi connectivity index (χ0n) is 11.4. The smallest absolute Gasteiger partial charge is 0.338 e. The maximum atomic E-state index is 12.1. The van der Waals surface area contributed by atoms with Gasteiger partial charge in [-0.05, 0) is 5.56 Å². The molecule has 6 nitrogen and oxygen atoms in total. The molecule has 0 saturated carbocycles. The molecule has 0 aliphatic carbocycles. The molecule has 0 N–H and O–H groups in total. The van der Waals surface area contributed by atoms with Gasteiger partial charge in [-0.2, -0.15) is 0 Å². The number of piperazine rings is 1. The predicted octanol–water partition coefficient (Wildman–Crippen LogP) is 0.0288. The summed E-state index contributed by atoms with van der Waals surface area (Å²) in [6.45, 7) is 0.179. The van der Waals surface area contributed by atoms with Crippen molar-refractivity contribution in [2.45, 2.75) is 12.6 Å². The van der Waals surface area contributed by atoms with Crippen LogP contribution in [-0.4, -0.2) is 54.3 Å². The van der Waals surface area contributed by atoms with E-state index in [1.165, 1.54) is 24.0 Å². The van der Waals surface area contributed by atoms with Crippen LogP contribution in [-0.2, 0) is 25.7 Å². The summed E-state index contributed by atoms with van der Waals surface area (Å²) in [5.74, 6) is -1.41. The van der Waals surface area contributed by atoms with Crippen LogP contribution in [0, 0.1) is 0 Å². The number of ether oxygens (including phenoxy) is 1. The summed E-state index contributed by atoms with van der Waals surface area (Å²) in [6.07, 6.45) is 0. The second-order valence-electron chi connectivity index (χ2n) is 4.63. The molecule has 0 bridgehead atoms. The summed E-state index contributed by atoms with van der Waals surface area (Å²) in [5, 5.41) is 0. The number of rotatable bonds is 3. The van der Waals surface area contributed by atoms with E-state index >= 15 is 0 Å². The largest absolute Gasteiger partial charge is 0.467 e. The van der Waals surface area contributed by atoms with E-state index in [0.29, 0.717) is 0 Å². The first-order valence-corrected chi connectivity index (χ1v) is 6.20. The molecule has 106 valence electrons. The highest BCUT2D eigenvalue weighted by molar-refractivity contribution is 6.08. The van der Waals surface area contributed by atoms with Crippen molar-refractivity contribution in [3.05, 3.63) is 35.9 Å². The van der Waals surface area contributed by atoms with Crippen molar-refractivity contribution in [1.82, 2.24) is 9.80 Å². The highest BCUT2D eigenvalue weighted by atomic mass is 16.5. The van der Waals surface area contributed by atoms with E-state index in [0.717, 1.165) is 5.56 Å². The van der Waals surface area contributed by atoms with E-state index in [4.69, 9.17) is 0 Å². The monoisotopic (exact) mass is 276 g/mol. The van der Waals surface area contributed by atoms with Crippen molar-refractivity contribution in [3.8, 4) is 0 Å². The van der Waals surface area contributed by atoms with Crippen molar-refractivity contribution >= 4 is 17.8 Å². The van der Waals surface area contributed by atoms with Crippen LogP contribution in [0.4, 0.5) is 0 Å². The summed E-state index contributed by atoms with van der Waals surface area (Å²) in [4.78, 5) is 38.5. The topological polar surface area (TPSA) is 66.9 Å². The Morgan fingerprint density at radius 2 is 1.95 bits per heavy atom. The molecular weight excluding hydrogens is 260 g/mol. The molecule has 1 aromatic rings. The van der Waals surface area contributed by atoms with Gasteiger partial charge in [0.15, 0.2) is 0 Å². The molecule has 0 spiro atoms. The fourth-order valence-corrected chi connectivity index (χ4v) is 2.16. The number of esters is 1. The predicted molar refractivity (Wildman–Crippen MR) is 70.4 cm³/mol. The number of nitrogens with zero attached hydrogens (tertiary/aromatic N) is 2. The Labute approximate surface area is 116 Å². The molecule has 1 unspecified atom stereocenters. The lowest BCUT2D eigenvalue weighted by Crippen LogP contribution is -2.61. The van der Waals surface area contributed by atoms with Crippen molar-refractivity contribution < 1.29 is 19.1 Å². The highest BCUT2D eigenvalue weighted by Crippen LogP contribution is 2.16. The number of benzene rings is 1. The quantitative estimate of drug-likeness (QED) is 0.577. The number of hydrogen-bond donors (Lipinski definition) is 0. The normalized spacial score (nSPS) is 19.2. The Bertz CT molecular complexity index is 529. The average Bonchev–Trinajstić information content (AvgIpc) is 2.45. The van der Waals surface area contributed by atoms with Crippen LogP contribution in [0.5, 0.6) is 0 Å². The third-order valence-corrected chi connectivity index (χ3v) is 3.23. The molecule has 20 heavy (non-hydrogen) atoms. The molecule has 1 aliphatic heterocycles. The average molecular weight is 276 g/mol. The van der Waals surface area contributed by atoms with Crippen LogP contribution < -0.4 is 0 Å². The molecule has 2 rings (SSSR count). The first-order chi connectivity index (χ1) is 9.54. The molecule has 1 heterocycles. The molecule has 1 fully saturated rings. The minimum Gasteiger partial charge on any atom is -0.467 e. The van der Waals surface area contributed by atoms with Crippen LogP contribution in [0.3, 0.4) is 0 Å². The van der Waals surface area contributed by atoms with Crippen LogP contribution >= 0.6 is 0 Å². The lowest BCUT2D eigenvalue weighted by atomic mass is 10.1. The summed E-state index contributed by atoms with van der Waals surface area (Å²) >= 11 is 0. The number of methoxy groups -OCH3 is 1. The molecule has 1 aromatic carbocycles. The van der Waals surface area contributed by atoms with Gasteiger partial charge < -0.3 is 14.5 Å². The van der Waals surface area contributed by atoms with E-state index in [9.17, 15) is 14.4 Å². The molecule has 0 aromatic heterocycles. The van der Waals surface area contributed by atoms with Gasteiger partial charge in [-0.3, -0.25) is 9.59 Å². The Hall–Kier alpha value is -2.37. The molecule has 6 heteroatoms. The third-order valence-electron chi connectivity index (χ3n) is 3.23. The summed E-state index contributed by atoms with van der Waals surface area (Å²) in [5.41, 5.74) is 0.854. The van der Waals surface area contributed by atoms with Crippen LogP contribution in [0.1, 0.15) is 5.56 Å². The van der Waals surface area contributed by atoms with Gasteiger partial charge in [0.05, 0.1) is 13.7 Å². The molecule has 0 radical (unpaired) electrons. The zero-order chi connectivity index (χ0) is 14.7. The van der Waals surface area contributed by atoms with E-state index in [1.807, 2.05) is 30.3 Å². The minimum atomic E-state index is -1.20. The Balaban J connectivity index is 2.28. The van der Waals surface area contributed by atoms with Crippen LogP contribution in [0.15, 0.2) is 30.3 Å². The molecule has 1 saturated heterocycles. The van der Waals surface area contributed by atoms with E-state index in [2.05, 4.69) is 4.74 Å². The first-order valence-electron chi connectivity index (χ1n) is 6.20. The lowest BCUT2D eigenvalue weighted by molar-refractivity contribution is -0.167. The number of carbonyl (C=O) groups is 3. The Kier molecular flexibility index (Phi) is 4.02. The molecular formula is C14H16N2O4. The highest BCUT2D eigenvalue weighted by Gasteiger charge is 2.43. The van der Waals surface area contributed by atoms with Gasteiger partial charge in [0.25, 0.3) is 5.91 Å². The Morgan fingerprint density at radius 3 is 2.55 bits per heavy atom. The van der Waals surface area contributed by atoms with Gasteiger partial charge in [0.1, 0.15) is 0 Å². The third kappa shape index (κ3) is 2.64.